The molecular formula is C24H17ClF3N3O3S2. The third-order valence-electron chi connectivity index (χ3n) is 5.69. The summed E-state index contributed by atoms with van der Waals surface area (Å²) in [6.07, 6.45) is 2.22. The summed E-state index contributed by atoms with van der Waals surface area (Å²) in [6.45, 7) is 1.06. The van der Waals surface area contributed by atoms with Gasteiger partial charge in [0.05, 0.1) is 33.6 Å². The van der Waals surface area contributed by atoms with Crippen molar-refractivity contribution in [2.75, 3.05) is 13.2 Å². The Morgan fingerprint density at radius 1 is 1.06 bits per heavy atom. The van der Waals surface area contributed by atoms with Crippen LogP contribution in [0.25, 0.3) is 21.8 Å². The van der Waals surface area contributed by atoms with E-state index in [1.807, 2.05) is 0 Å². The number of halogens is 4. The lowest BCUT2D eigenvalue weighted by Gasteiger charge is -2.10. The number of ether oxygens (including phenoxy) is 1. The zero-order valence-electron chi connectivity index (χ0n) is 18.4. The summed E-state index contributed by atoms with van der Waals surface area (Å²) in [6, 6.07) is 8.54. The maximum absolute atomic E-state index is 15.8. The smallest absolute Gasteiger partial charge is 0.222 e. The van der Waals surface area contributed by atoms with E-state index in [-0.39, 0.29) is 28.0 Å². The van der Waals surface area contributed by atoms with E-state index in [1.54, 1.807) is 6.07 Å². The number of sulfone groups is 1. The highest BCUT2D eigenvalue weighted by molar-refractivity contribution is 7.90. The van der Waals surface area contributed by atoms with E-state index in [9.17, 15) is 17.2 Å². The molecule has 1 unspecified atom stereocenters. The molecule has 0 aliphatic carbocycles. The van der Waals surface area contributed by atoms with Crippen LogP contribution in [0.2, 0.25) is 5.28 Å². The molecule has 0 amide bonds. The molecule has 1 aliphatic heterocycles. The van der Waals surface area contributed by atoms with Gasteiger partial charge in [-0.1, -0.05) is 18.2 Å². The van der Waals surface area contributed by atoms with Gasteiger partial charge in [-0.2, -0.15) is 0 Å². The zero-order valence-corrected chi connectivity index (χ0v) is 20.8. The highest BCUT2D eigenvalue weighted by Crippen LogP contribution is 2.41. The van der Waals surface area contributed by atoms with E-state index < -0.39 is 37.9 Å². The van der Waals surface area contributed by atoms with Gasteiger partial charge >= 0.3 is 0 Å². The Hall–Kier alpha value is -2.86. The molecule has 0 spiro atoms. The van der Waals surface area contributed by atoms with Crippen molar-refractivity contribution in [3.05, 3.63) is 82.0 Å². The number of hydrogen-bond acceptors (Lipinski definition) is 7. The third-order valence-corrected chi connectivity index (χ3v) is 8.82. The zero-order chi connectivity index (χ0) is 25.4. The second-order valence-corrected chi connectivity index (χ2v) is 11.4. The summed E-state index contributed by atoms with van der Waals surface area (Å²) in [5.74, 6) is -4.25. The minimum atomic E-state index is -4.53. The van der Waals surface area contributed by atoms with Crippen molar-refractivity contribution in [1.82, 2.24) is 15.0 Å². The highest BCUT2D eigenvalue weighted by Gasteiger charge is 2.29. The topological polar surface area (TPSA) is 82.0 Å². The first-order valence-electron chi connectivity index (χ1n) is 10.8. The second-order valence-electron chi connectivity index (χ2n) is 8.09. The van der Waals surface area contributed by atoms with Gasteiger partial charge in [0.1, 0.15) is 22.3 Å². The molecule has 0 N–H and O–H groups in total. The third kappa shape index (κ3) is 4.75. The molecule has 0 saturated carbocycles. The molecule has 2 aromatic heterocycles. The van der Waals surface area contributed by atoms with Crippen LogP contribution < -0.4 is 0 Å². The van der Waals surface area contributed by atoms with Crippen LogP contribution in [0.5, 0.6) is 0 Å². The first kappa shape index (κ1) is 24.8. The molecule has 5 rings (SSSR count). The molecule has 1 atom stereocenters. The quantitative estimate of drug-likeness (QED) is 0.281. The normalized spacial score (nSPS) is 15.9. The van der Waals surface area contributed by atoms with Crippen LogP contribution in [0.1, 0.15) is 22.9 Å². The molecule has 1 aliphatic rings. The molecule has 0 bridgehead atoms. The van der Waals surface area contributed by atoms with Crippen molar-refractivity contribution in [3.63, 3.8) is 0 Å². The van der Waals surface area contributed by atoms with Crippen LogP contribution in [0.3, 0.4) is 0 Å². The molecule has 186 valence electrons. The van der Waals surface area contributed by atoms with Crippen LogP contribution in [-0.4, -0.2) is 36.6 Å². The standard InChI is InChI=1S/C24H17ClF3N3O3S2/c25-24-29-9-7-18(30-24)21-20(31-23(35-21)13-8-10-34-11-13)15-4-1-3-14(19(15)28)12-36(32,33)22-16(26)5-2-6-17(22)27/h1-7,9,13H,8,10-12H2. The Morgan fingerprint density at radius 2 is 1.81 bits per heavy atom. The monoisotopic (exact) mass is 551 g/mol. The average molecular weight is 552 g/mol. The summed E-state index contributed by atoms with van der Waals surface area (Å²) in [7, 11) is -4.53. The predicted molar refractivity (Wildman–Crippen MR) is 129 cm³/mol. The van der Waals surface area contributed by atoms with Crippen LogP contribution >= 0.6 is 22.9 Å². The number of thiazole rings is 1. The van der Waals surface area contributed by atoms with E-state index in [0.717, 1.165) is 29.6 Å². The molecule has 1 saturated heterocycles. The maximum Gasteiger partial charge on any atom is 0.222 e. The first-order valence-corrected chi connectivity index (χ1v) is 13.6. The van der Waals surface area contributed by atoms with E-state index in [2.05, 4.69) is 15.0 Å². The van der Waals surface area contributed by atoms with Crippen LogP contribution in [0.4, 0.5) is 13.2 Å². The summed E-state index contributed by atoms with van der Waals surface area (Å²) >= 11 is 7.30. The SMILES string of the molecule is O=S(=O)(Cc1cccc(-c2nc(C3CCOC3)sc2-c2ccnc(Cl)n2)c1F)c1c(F)cccc1F. The van der Waals surface area contributed by atoms with Gasteiger partial charge in [0.2, 0.25) is 5.28 Å². The molecular weight excluding hydrogens is 535 g/mol. The molecule has 36 heavy (non-hydrogen) atoms. The Morgan fingerprint density at radius 3 is 2.50 bits per heavy atom. The number of rotatable bonds is 6. The fraction of sp³-hybridized carbons (Fsp3) is 0.208. The van der Waals surface area contributed by atoms with Crippen LogP contribution in [0.15, 0.2) is 53.6 Å². The van der Waals surface area contributed by atoms with Gasteiger partial charge in [0.15, 0.2) is 9.84 Å². The summed E-state index contributed by atoms with van der Waals surface area (Å²) < 4.78 is 75.3. The highest BCUT2D eigenvalue weighted by atomic mass is 35.5. The van der Waals surface area contributed by atoms with Crippen molar-refractivity contribution in [1.29, 1.82) is 0 Å². The van der Waals surface area contributed by atoms with Crippen LogP contribution in [0, 0.1) is 17.5 Å². The number of nitrogens with zero attached hydrogens (tertiary/aromatic N) is 3. The molecule has 6 nitrogen and oxygen atoms in total. The minimum Gasteiger partial charge on any atom is -0.381 e. The minimum absolute atomic E-state index is 0.00447. The van der Waals surface area contributed by atoms with Gasteiger partial charge < -0.3 is 4.74 Å². The number of aromatic nitrogens is 3. The van der Waals surface area contributed by atoms with E-state index in [1.165, 1.54) is 35.7 Å². The van der Waals surface area contributed by atoms with Gasteiger partial charge in [-0.05, 0) is 42.3 Å². The first-order chi connectivity index (χ1) is 17.2. The lowest BCUT2D eigenvalue weighted by molar-refractivity contribution is 0.194. The summed E-state index contributed by atoms with van der Waals surface area (Å²) in [5, 5.41) is 0.725. The fourth-order valence-electron chi connectivity index (χ4n) is 3.99. The fourth-order valence-corrected chi connectivity index (χ4v) is 6.81. The van der Waals surface area contributed by atoms with Crippen molar-refractivity contribution >= 4 is 32.8 Å². The van der Waals surface area contributed by atoms with Gasteiger partial charge in [0.25, 0.3) is 0 Å². The Balaban J connectivity index is 1.61. The van der Waals surface area contributed by atoms with Crippen molar-refractivity contribution in [3.8, 4) is 21.8 Å². The van der Waals surface area contributed by atoms with Gasteiger partial charge in [0, 0.05) is 29.8 Å². The molecule has 4 aromatic rings. The molecule has 12 heteroatoms. The second kappa shape index (κ2) is 9.89. The van der Waals surface area contributed by atoms with Gasteiger partial charge in [-0.15, -0.1) is 11.3 Å². The lowest BCUT2D eigenvalue weighted by Crippen LogP contribution is -2.11. The van der Waals surface area contributed by atoms with Crippen molar-refractivity contribution in [2.45, 2.75) is 23.0 Å². The summed E-state index contributed by atoms with van der Waals surface area (Å²) in [4.78, 5) is 12.2. The molecule has 0 radical (unpaired) electrons. The summed E-state index contributed by atoms with van der Waals surface area (Å²) in [5.41, 5.74) is 0.465. The van der Waals surface area contributed by atoms with Gasteiger partial charge in [-0.25, -0.2) is 36.5 Å². The Bertz CT molecular complexity index is 1540. The van der Waals surface area contributed by atoms with E-state index in [0.29, 0.717) is 23.8 Å². The largest absolute Gasteiger partial charge is 0.381 e. The van der Waals surface area contributed by atoms with E-state index >= 15 is 4.39 Å². The molecule has 3 heterocycles. The Labute approximate surface area is 213 Å². The maximum atomic E-state index is 15.8. The average Bonchev–Trinajstić information content (AvgIpc) is 3.50. The lowest BCUT2D eigenvalue weighted by atomic mass is 10.1. The van der Waals surface area contributed by atoms with E-state index in [4.69, 9.17) is 16.3 Å². The number of benzene rings is 2. The molecule has 2 aromatic carbocycles. The number of hydrogen-bond donors (Lipinski definition) is 0. The van der Waals surface area contributed by atoms with Crippen molar-refractivity contribution < 1.29 is 26.3 Å². The van der Waals surface area contributed by atoms with Crippen molar-refractivity contribution in [2.24, 2.45) is 0 Å². The van der Waals surface area contributed by atoms with Crippen LogP contribution in [-0.2, 0) is 20.3 Å². The predicted octanol–water partition coefficient (Wildman–Crippen LogP) is 5.82. The van der Waals surface area contributed by atoms with Gasteiger partial charge in [-0.3, -0.25) is 0 Å². The molecule has 1 fully saturated rings. The Kier molecular flexibility index (Phi) is 6.82.